The first-order valence-electron chi connectivity index (χ1n) is 9.59. The predicted octanol–water partition coefficient (Wildman–Crippen LogP) is 2.94. The number of carboxylic acid groups (broad SMARTS) is 1. The van der Waals surface area contributed by atoms with Crippen LogP contribution in [-0.4, -0.2) is 39.8 Å². The Morgan fingerprint density at radius 1 is 1.35 bits per heavy atom. The van der Waals surface area contributed by atoms with Crippen LogP contribution in [-0.2, 0) is 21.8 Å². The zero-order valence-electron chi connectivity index (χ0n) is 17.7. The lowest BCUT2D eigenvalue weighted by Crippen LogP contribution is -2.14. The summed E-state index contributed by atoms with van der Waals surface area (Å²) >= 11 is 0. The summed E-state index contributed by atoms with van der Waals surface area (Å²) in [5.41, 5.74) is 1.29. The van der Waals surface area contributed by atoms with Gasteiger partial charge in [-0.3, -0.25) is 4.98 Å². The molecule has 2 N–H and O–H groups in total. The van der Waals surface area contributed by atoms with Crippen molar-refractivity contribution >= 4 is 27.1 Å². The molecule has 0 aliphatic carbocycles. The average Bonchev–Trinajstić information content (AvgIpc) is 3.11. The third-order valence-corrected chi connectivity index (χ3v) is 6.82. The molecule has 162 valence electrons. The third-order valence-electron chi connectivity index (χ3n) is 5.04. The number of carbonyl (C=O) groups is 1. The Hall–Kier alpha value is -3.45. The third kappa shape index (κ3) is 4.22. The Morgan fingerprint density at radius 2 is 2.06 bits per heavy atom. The van der Waals surface area contributed by atoms with Crippen LogP contribution in [0.25, 0.3) is 5.52 Å². The van der Waals surface area contributed by atoms with Crippen molar-refractivity contribution in [2.75, 3.05) is 11.1 Å². The van der Waals surface area contributed by atoms with Gasteiger partial charge in [-0.2, -0.15) is 5.26 Å². The van der Waals surface area contributed by atoms with Crippen LogP contribution < -0.4 is 5.32 Å². The molecular weight excluding hydrogens is 418 g/mol. The maximum atomic E-state index is 12.8. The van der Waals surface area contributed by atoms with E-state index in [1.165, 1.54) is 10.6 Å². The van der Waals surface area contributed by atoms with Gasteiger partial charge in [0, 0.05) is 12.4 Å². The molecule has 3 aromatic rings. The number of hydrogen-bond acceptors (Lipinski definition) is 7. The SMILES string of the molecule is CCS(=O)(=O)c1c(NCc2ncc(C)cc2C(=O)O)nn2cc(C(C)(C)C#N)ccc12. The summed E-state index contributed by atoms with van der Waals surface area (Å²) in [6, 6.07) is 7.06. The van der Waals surface area contributed by atoms with Crippen LogP contribution in [0.4, 0.5) is 5.82 Å². The summed E-state index contributed by atoms with van der Waals surface area (Å²) in [6.45, 7) is 6.79. The highest BCUT2D eigenvalue weighted by atomic mass is 32.2. The van der Waals surface area contributed by atoms with Gasteiger partial charge in [-0.1, -0.05) is 13.0 Å². The van der Waals surface area contributed by atoms with Crippen LogP contribution in [0, 0.1) is 18.3 Å². The fraction of sp³-hybridized carbons (Fsp3) is 0.333. The molecule has 0 saturated carbocycles. The minimum absolute atomic E-state index is 0.0193. The Balaban J connectivity index is 2.11. The van der Waals surface area contributed by atoms with Crippen LogP contribution in [0.2, 0.25) is 0 Å². The Bertz CT molecular complexity index is 1320. The average molecular weight is 442 g/mol. The molecule has 0 aliphatic heterocycles. The number of sulfone groups is 1. The van der Waals surface area contributed by atoms with Gasteiger partial charge in [-0.25, -0.2) is 17.7 Å². The first-order valence-corrected chi connectivity index (χ1v) is 11.2. The molecule has 0 aromatic carbocycles. The molecule has 31 heavy (non-hydrogen) atoms. The number of nitriles is 1. The molecule has 3 heterocycles. The lowest BCUT2D eigenvalue weighted by Gasteiger charge is -2.15. The molecule has 3 aromatic heterocycles. The van der Waals surface area contributed by atoms with E-state index in [4.69, 9.17) is 0 Å². The summed E-state index contributed by atoms with van der Waals surface area (Å²) in [7, 11) is -3.65. The molecule has 0 fully saturated rings. The van der Waals surface area contributed by atoms with E-state index < -0.39 is 21.2 Å². The van der Waals surface area contributed by atoms with Gasteiger partial charge in [-0.05, 0) is 44.0 Å². The van der Waals surface area contributed by atoms with Crippen LogP contribution >= 0.6 is 0 Å². The Labute approximate surface area is 180 Å². The van der Waals surface area contributed by atoms with Crippen molar-refractivity contribution in [1.29, 1.82) is 5.26 Å². The molecule has 0 spiro atoms. The maximum Gasteiger partial charge on any atom is 0.337 e. The van der Waals surface area contributed by atoms with Crippen LogP contribution in [0.15, 0.2) is 35.5 Å². The minimum atomic E-state index is -3.65. The highest BCUT2D eigenvalue weighted by molar-refractivity contribution is 7.91. The van der Waals surface area contributed by atoms with Gasteiger partial charge in [-0.15, -0.1) is 5.10 Å². The molecule has 9 nitrogen and oxygen atoms in total. The number of anilines is 1. The summed E-state index contributed by atoms with van der Waals surface area (Å²) in [6.07, 6.45) is 3.18. The topological polar surface area (TPSA) is 137 Å². The van der Waals surface area contributed by atoms with Crippen molar-refractivity contribution in [3.63, 3.8) is 0 Å². The van der Waals surface area contributed by atoms with Crippen molar-refractivity contribution in [3.05, 3.63) is 53.0 Å². The number of aromatic carboxylic acids is 1. The highest BCUT2D eigenvalue weighted by Crippen LogP contribution is 2.30. The second-order valence-corrected chi connectivity index (χ2v) is 9.95. The first kappa shape index (κ1) is 22.2. The lowest BCUT2D eigenvalue weighted by atomic mass is 9.88. The van der Waals surface area contributed by atoms with Gasteiger partial charge in [0.1, 0.15) is 4.90 Å². The lowest BCUT2D eigenvalue weighted by molar-refractivity contribution is 0.0695. The fourth-order valence-electron chi connectivity index (χ4n) is 3.12. The van der Waals surface area contributed by atoms with Gasteiger partial charge < -0.3 is 10.4 Å². The molecule has 10 heteroatoms. The number of nitrogens with one attached hydrogen (secondary N) is 1. The second-order valence-electron chi connectivity index (χ2n) is 7.73. The molecule has 0 amide bonds. The molecule has 0 atom stereocenters. The largest absolute Gasteiger partial charge is 0.478 e. The fourth-order valence-corrected chi connectivity index (χ4v) is 4.29. The van der Waals surface area contributed by atoms with Crippen molar-refractivity contribution in [2.24, 2.45) is 0 Å². The van der Waals surface area contributed by atoms with E-state index in [9.17, 15) is 23.6 Å². The summed E-state index contributed by atoms with van der Waals surface area (Å²) in [5.74, 6) is -1.14. The van der Waals surface area contributed by atoms with Crippen LogP contribution in [0.1, 0.15) is 48.0 Å². The van der Waals surface area contributed by atoms with E-state index in [1.807, 2.05) is 0 Å². The van der Waals surface area contributed by atoms with Gasteiger partial charge in [0.05, 0.1) is 40.6 Å². The molecule has 0 bridgehead atoms. The van der Waals surface area contributed by atoms with Crippen molar-refractivity contribution in [2.45, 2.75) is 44.6 Å². The van der Waals surface area contributed by atoms with Crippen molar-refractivity contribution < 1.29 is 18.3 Å². The Morgan fingerprint density at radius 3 is 2.68 bits per heavy atom. The smallest absolute Gasteiger partial charge is 0.337 e. The number of pyridine rings is 2. The first-order chi connectivity index (χ1) is 14.5. The van der Waals surface area contributed by atoms with Crippen molar-refractivity contribution in [1.82, 2.24) is 14.6 Å². The summed E-state index contributed by atoms with van der Waals surface area (Å²) < 4.78 is 27.1. The normalized spacial score (nSPS) is 12.0. The number of aromatic nitrogens is 3. The number of fused-ring (bicyclic) bond motifs is 1. The molecular formula is C21H23N5O4S. The summed E-state index contributed by atoms with van der Waals surface area (Å²) in [5, 5.41) is 26.2. The molecule has 3 rings (SSSR count). The monoisotopic (exact) mass is 441 g/mol. The van der Waals surface area contributed by atoms with E-state index in [1.54, 1.807) is 52.2 Å². The molecule has 0 saturated heterocycles. The molecule has 0 unspecified atom stereocenters. The van der Waals surface area contributed by atoms with Gasteiger partial charge >= 0.3 is 5.97 Å². The number of rotatable bonds is 7. The molecule has 0 radical (unpaired) electrons. The van der Waals surface area contributed by atoms with E-state index in [2.05, 4.69) is 21.5 Å². The minimum Gasteiger partial charge on any atom is -0.478 e. The van der Waals surface area contributed by atoms with E-state index in [0.29, 0.717) is 16.6 Å². The number of hydrogen-bond donors (Lipinski definition) is 2. The number of aryl methyl sites for hydroxylation is 1. The zero-order valence-corrected chi connectivity index (χ0v) is 18.5. The molecule has 0 aliphatic rings. The second kappa shape index (κ2) is 8.00. The van der Waals surface area contributed by atoms with Crippen LogP contribution in [0.3, 0.4) is 0 Å². The van der Waals surface area contributed by atoms with Crippen LogP contribution in [0.5, 0.6) is 0 Å². The van der Waals surface area contributed by atoms with Gasteiger partial charge in [0.15, 0.2) is 15.7 Å². The number of nitrogens with zero attached hydrogens (tertiary/aromatic N) is 4. The predicted molar refractivity (Wildman–Crippen MR) is 115 cm³/mol. The quantitative estimate of drug-likeness (QED) is 0.571. The Kier molecular flexibility index (Phi) is 5.74. The standard InChI is InChI=1S/C21H23N5O4S/c1-5-31(29,30)18-17-7-6-14(21(3,4)12-22)11-26(17)25-19(18)24-10-16-15(20(27)28)8-13(2)9-23-16/h6-9,11H,5,10H2,1-4H3,(H,24,25)(H,27,28). The van der Waals surface area contributed by atoms with Gasteiger partial charge in [0.25, 0.3) is 0 Å². The highest BCUT2D eigenvalue weighted by Gasteiger charge is 2.27. The summed E-state index contributed by atoms with van der Waals surface area (Å²) in [4.78, 5) is 15.8. The maximum absolute atomic E-state index is 12.8. The van der Waals surface area contributed by atoms with E-state index >= 15 is 0 Å². The zero-order chi connectivity index (χ0) is 23.0. The van der Waals surface area contributed by atoms with E-state index in [-0.39, 0.29) is 34.3 Å². The van der Waals surface area contributed by atoms with E-state index in [0.717, 1.165) is 0 Å². The number of carboxylic acids is 1. The van der Waals surface area contributed by atoms with Gasteiger partial charge in [0.2, 0.25) is 0 Å². The van der Waals surface area contributed by atoms with Crippen molar-refractivity contribution in [3.8, 4) is 6.07 Å².